The van der Waals surface area contributed by atoms with Crippen LogP contribution in [0.1, 0.15) is 36.0 Å². The van der Waals surface area contributed by atoms with Crippen LogP contribution in [-0.4, -0.2) is 24.4 Å². The van der Waals surface area contributed by atoms with Gasteiger partial charge in [0.05, 0.1) is 0 Å². The summed E-state index contributed by atoms with van der Waals surface area (Å²) in [4.78, 5) is 23.0. The molecule has 1 fully saturated rings. The van der Waals surface area contributed by atoms with E-state index in [4.69, 9.17) is 0 Å². The van der Waals surface area contributed by atoms with Crippen LogP contribution < -0.4 is 10.6 Å². The third-order valence-corrected chi connectivity index (χ3v) is 2.92. The SMILES string of the molecule is O=C(CCCNC(=O)c1ccc(F)cc1)NC1CC1. The van der Waals surface area contributed by atoms with Crippen molar-refractivity contribution in [2.45, 2.75) is 31.7 Å². The summed E-state index contributed by atoms with van der Waals surface area (Å²) in [5.41, 5.74) is 0.420. The molecular formula is C14H17FN2O2. The third-order valence-electron chi connectivity index (χ3n) is 2.92. The van der Waals surface area contributed by atoms with Crippen LogP contribution in [0, 0.1) is 5.82 Å². The van der Waals surface area contributed by atoms with Crippen LogP contribution in [0.25, 0.3) is 0 Å². The molecule has 2 N–H and O–H groups in total. The van der Waals surface area contributed by atoms with E-state index in [2.05, 4.69) is 10.6 Å². The molecule has 1 aromatic rings. The summed E-state index contributed by atoms with van der Waals surface area (Å²) in [6, 6.07) is 5.74. The van der Waals surface area contributed by atoms with Gasteiger partial charge in [0, 0.05) is 24.6 Å². The Hall–Kier alpha value is -1.91. The molecule has 5 heteroatoms. The van der Waals surface area contributed by atoms with Crippen LogP contribution in [-0.2, 0) is 4.79 Å². The fraction of sp³-hybridized carbons (Fsp3) is 0.429. The molecular weight excluding hydrogens is 247 g/mol. The fourth-order valence-electron chi connectivity index (χ4n) is 1.68. The van der Waals surface area contributed by atoms with Gasteiger partial charge in [0.25, 0.3) is 5.91 Å². The zero-order chi connectivity index (χ0) is 13.7. The molecule has 0 bridgehead atoms. The molecule has 2 amide bonds. The fourth-order valence-corrected chi connectivity index (χ4v) is 1.68. The van der Waals surface area contributed by atoms with Gasteiger partial charge in [-0.1, -0.05) is 0 Å². The topological polar surface area (TPSA) is 58.2 Å². The monoisotopic (exact) mass is 264 g/mol. The van der Waals surface area contributed by atoms with Gasteiger partial charge in [-0.15, -0.1) is 0 Å². The van der Waals surface area contributed by atoms with Crippen molar-refractivity contribution in [2.75, 3.05) is 6.54 Å². The summed E-state index contributed by atoms with van der Waals surface area (Å²) < 4.78 is 12.7. The van der Waals surface area contributed by atoms with E-state index in [0.29, 0.717) is 31.0 Å². The van der Waals surface area contributed by atoms with Gasteiger partial charge in [-0.2, -0.15) is 0 Å². The smallest absolute Gasteiger partial charge is 0.251 e. The predicted molar refractivity (Wildman–Crippen MR) is 69.1 cm³/mol. The van der Waals surface area contributed by atoms with Crippen LogP contribution in [0.2, 0.25) is 0 Å². The van der Waals surface area contributed by atoms with Crippen LogP contribution in [0.4, 0.5) is 4.39 Å². The summed E-state index contributed by atoms with van der Waals surface area (Å²) in [7, 11) is 0. The van der Waals surface area contributed by atoms with Gasteiger partial charge in [0.2, 0.25) is 5.91 Å². The first-order chi connectivity index (χ1) is 9.15. The van der Waals surface area contributed by atoms with Gasteiger partial charge >= 0.3 is 0 Å². The average molecular weight is 264 g/mol. The quantitative estimate of drug-likeness (QED) is 0.767. The normalized spacial score (nSPS) is 13.9. The zero-order valence-electron chi connectivity index (χ0n) is 10.6. The van der Waals surface area contributed by atoms with E-state index in [1.54, 1.807) is 0 Å². The molecule has 1 aliphatic rings. The van der Waals surface area contributed by atoms with E-state index in [1.165, 1.54) is 24.3 Å². The van der Waals surface area contributed by atoms with Gasteiger partial charge in [0.15, 0.2) is 0 Å². The van der Waals surface area contributed by atoms with Crippen LogP contribution >= 0.6 is 0 Å². The number of nitrogens with one attached hydrogen (secondary N) is 2. The molecule has 0 spiro atoms. The molecule has 2 rings (SSSR count). The number of hydrogen-bond acceptors (Lipinski definition) is 2. The Morgan fingerprint density at radius 3 is 2.53 bits per heavy atom. The number of amides is 2. The highest BCUT2D eigenvalue weighted by atomic mass is 19.1. The average Bonchev–Trinajstić information content (AvgIpc) is 3.19. The summed E-state index contributed by atoms with van der Waals surface area (Å²) in [5.74, 6) is -0.575. The van der Waals surface area contributed by atoms with Crippen molar-refractivity contribution >= 4 is 11.8 Å². The number of rotatable bonds is 6. The highest BCUT2D eigenvalue weighted by molar-refractivity contribution is 5.94. The summed E-state index contributed by atoms with van der Waals surface area (Å²) in [6.45, 7) is 0.439. The van der Waals surface area contributed by atoms with E-state index >= 15 is 0 Å². The summed E-state index contributed by atoms with van der Waals surface area (Å²) >= 11 is 0. The molecule has 0 atom stereocenters. The Kier molecular flexibility index (Phi) is 4.49. The minimum atomic E-state index is -0.367. The van der Waals surface area contributed by atoms with Gasteiger partial charge in [0.1, 0.15) is 5.82 Å². The second kappa shape index (κ2) is 6.31. The standard InChI is InChI=1S/C14H17FN2O2/c15-11-5-3-10(4-6-11)14(19)16-9-1-2-13(18)17-12-7-8-12/h3-6,12H,1-2,7-9H2,(H,16,19)(H,17,18). The van der Waals surface area contributed by atoms with Crippen molar-refractivity contribution in [3.05, 3.63) is 35.6 Å². The lowest BCUT2D eigenvalue weighted by Crippen LogP contribution is -2.28. The minimum Gasteiger partial charge on any atom is -0.353 e. The Balaban J connectivity index is 1.63. The van der Waals surface area contributed by atoms with Gasteiger partial charge in [-0.3, -0.25) is 9.59 Å². The van der Waals surface area contributed by atoms with Crippen molar-refractivity contribution in [1.29, 1.82) is 0 Å². The highest BCUT2D eigenvalue weighted by Gasteiger charge is 2.22. The number of benzene rings is 1. The van der Waals surface area contributed by atoms with Crippen molar-refractivity contribution in [1.82, 2.24) is 10.6 Å². The maximum Gasteiger partial charge on any atom is 0.251 e. The molecule has 0 saturated heterocycles. The van der Waals surface area contributed by atoms with Crippen LogP contribution in [0.5, 0.6) is 0 Å². The molecule has 102 valence electrons. The lowest BCUT2D eigenvalue weighted by Gasteiger charge is -2.05. The molecule has 0 aromatic heterocycles. The van der Waals surface area contributed by atoms with Gasteiger partial charge in [-0.05, 0) is 43.5 Å². The molecule has 0 heterocycles. The van der Waals surface area contributed by atoms with Crippen LogP contribution in [0.3, 0.4) is 0 Å². The van der Waals surface area contributed by atoms with Crippen molar-refractivity contribution < 1.29 is 14.0 Å². The summed E-state index contributed by atoms with van der Waals surface area (Å²) in [5, 5.41) is 5.59. The largest absolute Gasteiger partial charge is 0.353 e. The highest BCUT2D eigenvalue weighted by Crippen LogP contribution is 2.18. The lowest BCUT2D eigenvalue weighted by molar-refractivity contribution is -0.121. The van der Waals surface area contributed by atoms with Gasteiger partial charge < -0.3 is 10.6 Å². The van der Waals surface area contributed by atoms with E-state index in [0.717, 1.165) is 12.8 Å². The van der Waals surface area contributed by atoms with Crippen molar-refractivity contribution in [3.63, 3.8) is 0 Å². The van der Waals surface area contributed by atoms with E-state index < -0.39 is 0 Å². The van der Waals surface area contributed by atoms with E-state index in [-0.39, 0.29) is 17.6 Å². The number of carbonyl (C=O) groups excluding carboxylic acids is 2. The molecule has 0 radical (unpaired) electrons. The third kappa shape index (κ3) is 4.69. The molecule has 0 aliphatic heterocycles. The molecule has 4 nitrogen and oxygen atoms in total. The summed E-state index contributed by atoms with van der Waals surface area (Å²) in [6.07, 6.45) is 3.17. The molecule has 1 saturated carbocycles. The van der Waals surface area contributed by atoms with Crippen molar-refractivity contribution in [3.8, 4) is 0 Å². The Bertz CT molecular complexity index is 455. The lowest BCUT2D eigenvalue weighted by atomic mass is 10.2. The Morgan fingerprint density at radius 1 is 1.21 bits per heavy atom. The second-order valence-corrected chi connectivity index (χ2v) is 4.71. The number of carbonyl (C=O) groups is 2. The minimum absolute atomic E-state index is 0.0403. The van der Waals surface area contributed by atoms with Crippen LogP contribution in [0.15, 0.2) is 24.3 Å². The van der Waals surface area contributed by atoms with E-state index in [1.807, 2.05) is 0 Å². The Labute approximate surface area is 111 Å². The van der Waals surface area contributed by atoms with E-state index in [9.17, 15) is 14.0 Å². The molecule has 1 aromatic carbocycles. The maximum absolute atomic E-state index is 12.7. The predicted octanol–water partition coefficient (Wildman–Crippen LogP) is 1.61. The first-order valence-electron chi connectivity index (χ1n) is 6.48. The second-order valence-electron chi connectivity index (χ2n) is 4.71. The Morgan fingerprint density at radius 2 is 1.89 bits per heavy atom. The van der Waals surface area contributed by atoms with Crippen molar-refractivity contribution in [2.24, 2.45) is 0 Å². The molecule has 1 aliphatic carbocycles. The first-order valence-corrected chi connectivity index (χ1v) is 6.48. The molecule has 19 heavy (non-hydrogen) atoms. The van der Waals surface area contributed by atoms with Gasteiger partial charge in [-0.25, -0.2) is 4.39 Å². The number of hydrogen-bond donors (Lipinski definition) is 2. The number of halogens is 1. The first kappa shape index (κ1) is 13.5. The maximum atomic E-state index is 12.7. The zero-order valence-corrected chi connectivity index (χ0v) is 10.6. The molecule has 0 unspecified atom stereocenters.